The summed E-state index contributed by atoms with van der Waals surface area (Å²) in [5.74, 6) is 3.61. The molecule has 5 atom stereocenters. The number of rotatable bonds is 28. The zero-order chi connectivity index (χ0) is 60.5. The van der Waals surface area contributed by atoms with Gasteiger partial charge in [-0.15, -0.1) is 0 Å². The molecular formula is C67H90N2O12. The van der Waals surface area contributed by atoms with E-state index in [0.717, 1.165) is 36.3 Å². The van der Waals surface area contributed by atoms with Gasteiger partial charge in [-0.25, -0.2) is 4.79 Å². The fourth-order valence-corrected chi connectivity index (χ4v) is 8.21. The van der Waals surface area contributed by atoms with E-state index in [1.165, 1.54) is 37.3 Å². The van der Waals surface area contributed by atoms with E-state index in [4.69, 9.17) is 63.1 Å². The lowest BCUT2D eigenvalue weighted by Gasteiger charge is -2.34. The molecule has 14 nitrogen and oxygen atoms in total. The molecular weight excluding hydrogens is 1020 g/mol. The molecule has 0 radical (unpaired) electrons. The van der Waals surface area contributed by atoms with Crippen LogP contribution in [0.25, 0.3) is 5.76 Å². The molecule has 3 aromatic rings. The number of carbonyl (C=O) groups excluding carboxylic acids is 4. The molecule has 2 N–H and O–H groups in total. The summed E-state index contributed by atoms with van der Waals surface area (Å²) in [6, 6.07) is 19.9. The number of esters is 1. The van der Waals surface area contributed by atoms with Crippen LogP contribution in [-0.4, -0.2) is 108 Å². The van der Waals surface area contributed by atoms with Crippen molar-refractivity contribution >= 4 is 42.5 Å². The van der Waals surface area contributed by atoms with Gasteiger partial charge in [-0.05, 0) is 137 Å². The van der Waals surface area contributed by atoms with Gasteiger partial charge in [-0.2, -0.15) is 0 Å². The second-order valence-corrected chi connectivity index (χ2v) is 19.7. The molecule has 1 fully saturated rings. The smallest absolute Gasteiger partial charge is 0.338 e. The summed E-state index contributed by atoms with van der Waals surface area (Å²) < 4.78 is 45.4. The lowest BCUT2D eigenvalue weighted by molar-refractivity contribution is -0.104. The van der Waals surface area contributed by atoms with Crippen LogP contribution >= 0.6 is 0 Å². The number of unbranched alkanes of at least 4 members (excludes halogenated alkanes) is 2. The highest BCUT2D eigenvalue weighted by molar-refractivity contribution is 5.93. The second-order valence-electron chi connectivity index (χ2n) is 19.7. The molecule has 14 heteroatoms. The number of carbonyl (C=O) groups is 4. The summed E-state index contributed by atoms with van der Waals surface area (Å²) in [5, 5.41) is 16.1. The number of hydrogen-bond acceptors (Lipinski definition) is 14. The highest BCUT2D eigenvalue weighted by atomic mass is 16.6. The number of fused-ring (bicyclic) bond motifs is 3. The van der Waals surface area contributed by atoms with Crippen molar-refractivity contribution in [1.82, 2.24) is 0 Å². The first-order valence-electron chi connectivity index (χ1n) is 27.2. The van der Waals surface area contributed by atoms with Crippen LogP contribution in [0.1, 0.15) is 101 Å². The molecule has 3 aromatic carbocycles. The van der Waals surface area contributed by atoms with E-state index >= 15 is 0 Å². The summed E-state index contributed by atoms with van der Waals surface area (Å²) in [5.41, 5.74) is 2.80. The Labute approximate surface area is 483 Å². The Hall–Kier alpha value is -7.36. The minimum atomic E-state index is -0.457. The maximum absolute atomic E-state index is 12.7. The molecule has 81 heavy (non-hydrogen) atoms. The molecule has 0 bridgehead atoms. The van der Waals surface area contributed by atoms with Gasteiger partial charge >= 0.3 is 5.97 Å². The van der Waals surface area contributed by atoms with Gasteiger partial charge in [0.15, 0.2) is 0 Å². The van der Waals surface area contributed by atoms with Crippen molar-refractivity contribution in [3.8, 4) is 17.2 Å². The SMILES string of the molecule is C=C(Oc1ccc(CCOC(=O)c2ccc(OC(C)(C)CC(C)(C)OC)cc2)cc1C=N)c1ccc(OCC(COCCCCOC)OC)cc1.C=CC=O.C=CC=O.C=CC=O.CCCC.N=C1C2C=CC=CC2C2C=CC=CC12. The highest BCUT2D eigenvalue weighted by Gasteiger charge is 2.43. The molecule has 6 rings (SSSR count). The van der Waals surface area contributed by atoms with Crippen LogP contribution in [0.15, 0.2) is 160 Å². The van der Waals surface area contributed by atoms with E-state index in [2.05, 4.69) is 88.8 Å². The molecule has 0 aromatic heterocycles. The van der Waals surface area contributed by atoms with Gasteiger partial charge in [0.05, 0.1) is 24.4 Å². The number of benzene rings is 3. The normalized spacial score (nSPS) is 16.2. The van der Waals surface area contributed by atoms with Gasteiger partial charge < -0.3 is 48.7 Å². The maximum Gasteiger partial charge on any atom is 0.338 e. The van der Waals surface area contributed by atoms with Crippen molar-refractivity contribution in [2.75, 3.05) is 54.4 Å². The van der Waals surface area contributed by atoms with Gasteiger partial charge in [0.25, 0.3) is 0 Å². The minimum Gasteiger partial charge on any atom is -0.491 e. The molecule has 5 unspecified atom stereocenters. The lowest BCUT2D eigenvalue weighted by atomic mass is 9.83. The maximum atomic E-state index is 12.7. The fraction of sp³-hybridized carbons (Fsp3) is 0.403. The third-order valence-electron chi connectivity index (χ3n) is 12.4. The first-order valence-corrected chi connectivity index (χ1v) is 27.2. The number of methoxy groups -OCH3 is 3. The third-order valence-corrected chi connectivity index (χ3v) is 12.4. The van der Waals surface area contributed by atoms with E-state index in [1.807, 2.05) is 64.1 Å². The van der Waals surface area contributed by atoms with Crippen molar-refractivity contribution in [1.29, 1.82) is 10.8 Å². The van der Waals surface area contributed by atoms with Gasteiger partial charge in [-0.1, -0.05) is 108 Å². The Bertz CT molecular complexity index is 2420. The van der Waals surface area contributed by atoms with E-state index < -0.39 is 11.6 Å². The summed E-state index contributed by atoms with van der Waals surface area (Å²) in [4.78, 5) is 39.9. The molecule has 440 valence electrons. The molecule has 3 aliphatic carbocycles. The summed E-state index contributed by atoms with van der Waals surface area (Å²) in [7, 11) is 5.02. The lowest BCUT2D eigenvalue weighted by Crippen LogP contribution is -2.38. The quantitative estimate of drug-likeness (QED) is 0.0175. The Kier molecular flexibility index (Phi) is 36.8. The van der Waals surface area contributed by atoms with Crippen molar-refractivity contribution in [2.45, 2.75) is 97.4 Å². The van der Waals surface area contributed by atoms with Gasteiger partial charge in [0.2, 0.25) is 0 Å². The van der Waals surface area contributed by atoms with Crippen LogP contribution in [0.3, 0.4) is 0 Å². The molecule has 3 aliphatic rings. The van der Waals surface area contributed by atoms with Gasteiger partial charge in [0, 0.05) is 82.3 Å². The number of ether oxygens (including phenoxy) is 8. The minimum absolute atomic E-state index is 0.183. The molecule has 0 saturated heterocycles. The van der Waals surface area contributed by atoms with Crippen LogP contribution in [0, 0.1) is 34.5 Å². The monoisotopic (exact) mass is 1110 g/mol. The van der Waals surface area contributed by atoms with Crippen LogP contribution in [0.5, 0.6) is 17.2 Å². The van der Waals surface area contributed by atoms with E-state index in [9.17, 15) is 4.79 Å². The van der Waals surface area contributed by atoms with Crippen LogP contribution in [0.4, 0.5) is 0 Å². The van der Waals surface area contributed by atoms with Crippen molar-refractivity contribution in [3.05, 3.63) is 182 Å². The topological polar surface area (TPSA) is 190 Å². The van der Waals surface area contributed by atoms with Crippen LogP contribution in [0.2, 0.25) is 0 Å². The van der Waals surface area contributed by atoms with Gasteiger partial charge in [-0.3, -0.25) is 14.4 Å². The zero-order valence-electron chi connectivity index (χ0n) is 49.4. The standard InChI is InChI=1S/C41H55NO9.C13H13N.C4H10.3C3H4O/c1-30(32-12-16-35(17-13-32)49-28-37(45-7)27-47-23-10-9-22-44-6)50-38-20-11-31(25-34(38)26-42)21-24-48-39(43)33-14-18-36(19-15-33)51-41(4,5)29-40(2,3)46-8;14-13-11-7-3-1-5-9(11)10-6-2-4-8-12(10)13;1-3-4-2;3*1-2-3-4/h11-20,25-26,37,42H,1,9-10,21-24,27-29H2,2-8H3;1-12,14H;3-4H2,1-2H3;3*2-3H,1H2. The highest BCUT2D eigenvalue weighted by Crippen LogP contribution is 2.45. The molecule has 0 amide bonds. The average molecular weight is 1120 g/mol. The number of hydrogen-bond donors (Lipinski definition) is 2. The van der Waals surface area contributed by atoms with Crippen molar-refractivity contribution in [2.24, 2.45) is 23.7 Å². The predicted octanol–water partition coefficient (Wildman–Crippen LogP) is 13.6. The largest absolute Gasteiger partial charge is 0.491 e. The first-order chi connectivity index (χ1) is 38.9. The zero-order valence-corrected chi connectivity index (χ0v) is 49.4. The number of allylic oxidation sites excluding steroid dienone is 11. The predicted molar refractivity (Wildman–Crippen MR) is 327 cm³/mol. The van der Waals surface area contributed by atoms with E-state index in [-0.39, 0.29) is 18.3 Å². The summed E-state index contributed by atoms with van der Waals surface area (Å²) >= 11 is 0. The Morgan fingerprint density at radius 3 is 1.69 bits per heavy atom. The van der Waals surface area contributed by atoms with E-state index in [0.29, 0.717) is 109 Å². The molecule has 0 heterocycles. The average Bonchev–Trinajstić information content (AvgIpc) is 4.05. The fourth-order valence-electron chi connectivity index (χ4n) is 8.21. The molecule has 1 saturated carbocycles. The molecule has 0 aliphatic heterocycles. The second kappa shape index (κ2) is 41.6. The molecule has 0 spiro atoms. The number of aldehydes is 3. The summed E-state index contributed by atoms with van der Waals surface area (Å²) in [6.07, 6.45) is 29.5. The Morgan fingerprint density at radius 2 is 1.20 bits per heavy atom. The first kappa shape index (κ1) is 71.7. The third kappa shape index (κ3) is 28.6. The van der Waals surface area contributed by atoms with Crippen molar-refractivity contribution < 1.29 is 57.1 Å². The van der Waals surface area contributed by atoms with Crippen LogP contribution in [-0.2, 0) is 44.5 Å². The Morgan fingerprint density at radius 1 is 0.679 bits per heavy atom. The Balaban J connectivity index is 0.000000875. The van der Waals surface area contributed by atoms with Crippen molar-refractivity contribution in [3.63, 3.8) is 0 Å². The summed E-state index contributed by atoms with van der Waals surface area (Å²) in [6.45, 7) is 28.2. The van der Waals surface area contributed by atoms with Crippen LogP contribution < -0.4 is 14.2 Å². The number of nitrogens with one attached hydrogen (secondary N) is 2. The van der Waals surface area contributed by atoms with E-state index in [1.54, 1.807) is 51.7 Å². The van der Waals surface area contributed by atoms with Gasteiger partial charge in [0.1, 0.15) is 60.2 Å².